The fourth-order valence-corrected chi connectivity index (χ4v) is 2.18. The highest BCUT2D eigenvalue weighted by Crippen LogP contribution is 2.24. The van der Waals surface area contributed by atoms with Crippen LogP contribution in [0.5, 0.6) is 0 Å². The Morgan fingerprint density at radius 2 is 2.41 bits per heavy atom. The van der Waals surface area contributed by atoms with Gasteiger partial charge in [-0.3, -0.25) is 0 Å². The lowest BCUT2D eigenvalue weighted by molar-refractivity contribution is 0.996. The molecule has 0 unspecified atom stereocenters. The van der Waals surface area contributed by atoms with E-state index in [9.17, 15) is 0 Å². The molecule has 1 aromatic carbocycles. The average molecular weight is 245 g/mol. The van der Waals surface area contributed by atoms with Crippen molar-refractivity contribution in [2.45, 2.75) is 6.42 Å². The summed E-state index contributed by atoms with van der Waals surface area (Å²) in [6.45, 7) is 0.485. The Bertz CT molecular complexity index is 595. The maximum atomic E-state index is 8.12. The summed E-state index contributed by atoms with van der Waals surface area (Å²) in [5, 5.41) is 4.05. The Morgan fingerprint density at radius 1 is 1.53 bits per heavy atom. The molecule has 0 aliphatic carbocycles. The van der Waals surface area contributed by atoms with Crippen molar-refractivity contribution in [1.29, 1.82) is 0 Å². The van der Waals surface area contributed by atoms with Crippen LogP contribution in [0.1, 0.15) is 12.0 Å². The highest BCUT2D eigenvalue weighted by atomic mass is 32.1. The van der Waals surface area contributed by atoms with Crippen LogP contribution in [0.4, 0.5) is 5.13 Å². The normalized spacial score (nSPS) is 10.8. The van der Waals surface area contributed by atoms with Gasteiger partial charge in [0.15, 0.2) is 5.13 Å². The van der Waals surface area contributed by atoms with Gasteiger partial charge in [0.05, 0.1) is 10.2 Å². The number of hydrogen-bond donors (Lipinski definition) is 1. The highest BCUT2D eigenvalue weighted by Gasteiger charge is 2.00. The van der Waals surface area contributed by atoms with Crippen molar-refractivity contribution in [3.63, 3.8) is 0 Å². The largest absolute Gasteiger partial charge is 0.375 e. The van der Waals surface area contributed by atoms with E-state index in [1.165, 1.54) is 11.3 Å². The van der Waals surface area contributed by atoms with Crippen molar-refractivity contribution in [3.8, 4) is 0 Å². The predicted molar refractivity (Wildman–Crippen MR) is 71.7 cm³/mol. The number of fused-ring (bicyclic) bond motifs is 1. The third kappa shape index (κ3) is 2.96. The number of benzene rings is 1. The molecule has 0 atom stereocenters. The van der Waals surface area contributed by atoms with Crippen LogP contribution in [0.3, 0.4) is 0 Å². The molecule has 0 bridgehead atoms. The maximum absolute atomic E-state index is 8.12. The fraction of sp³-hybridized carbons (Fsp3) is 0.182. The number of rotatable bonds is 4. The monoisotopic (exact) mass is 245 g/mol. The number of nitrogen functional groups attached to an aromatic ring is 1. The van der Waals surface area contributed by atoms with Gasteiger partial charge >= 0.3 is 0 Å². The summed E-state index contributed by atoms with van der Waals surface area (Å²) in [5.74, 6) is 0. The van der Waals surface area contributed by atoms with Gasteiger partial charge in [0, 0.05) is 11.5 Å². The van der Waals surface area contributed by atoms with E-state index in [-0.39, 0.29) is 0 Å². The molecule has 0 fully saturated rings. The van der Waals surface area contributed by atoms with Crippen molar-refractivity contribution in [2.24, 2.45) is 5.11 Å². The van der Waals surface area contributed by atoms with Gasteiger partial charge < -0.3 is 5.73 Å². The van der Waals surface area contributed by atoms with E-state index in [4.69, 9.17) is 11.3 Å². The first-order chi connectivity index (χ1) is 8.29. The molecule has 2 N–H and O–H groups in total. The number of nitrogens with two attached hydrogens (primary N) is 1. The van der Waals surface area contributed by atoms with E-state index in [0.29, 0.717) is 11.7 Å². The number of nitrogens with zero attached hydrogens (tertiary/aromatic N) is 4. The van der Waals surface area contributed by atoms with E-state index in [2.05, 4.69) is 15.0 Å². The van der Waals surface area contributed by atoms with Crippen molar-refractivity contribution in [3.05, 3.63) is 40.3 Å². The molecule has 0 spiro atoms. The van der Waals surface area contributed by atoms with Crippen LogP contribution in [0, 0.1) is 0 Å². The van der Waals surface area contributed by atoms with Crippen molar-refractivity contribution in [1.82, 2.24) is 4.98 Å². The molecule has 0 saturated carbocycles. The summed E-state index contributed by atoms with van der Waals surface area (Å²) < 4.78 is 1.09. The highest BCUT2D eigenvalue weighted by molar-refractivity contribution is 7.22. The van der Waals surface area contributed by atoms with E-state index < -0.39 is 0 Å². The summed E-state index contributed by atoms with van der Waals surface area (Å²) >= 11 is 1.48. The fourth-order valence-electron chi connectivity index (χ4n) is 1.46. The minimum Gasteiger partial charge on any atom is -0.375 e. The Hall–Kier alpha value is -2.04. The van der Waals surface area contributed by atoms with Gasteiger partial charge in [-0.25, -0.2) is 4.98 Å². The van der Waals surface area contributed by atoms with Crippen molar-refractivity contribution in [2.75, 3.05) is 12.3 Å². The van der Waals surface area contributed by atoms with Gasteiger partial charge in [-0.15, -0.1) is 0 Å². The van der Waals surface area contributed by atoms with Crippen LogP contribution >= 0.6 is 11.3 Å². The quantitative estimate of drug-likeness (QED) is 0.386. The van der Waals surface area contributed by atoms with Crippen LogP contribution < -0.4 is 5.73 Å². The molecule has 86 valence electrons. The standard InChI is InChI=1S/C11H11N5S/c12-11-15-9-7-8(4-5-10(9)17-11)3-1-2-6-14-16-13/h1,3-5,7H,2,6H2,(H2,12,15). The Balaban J connectivity index is 2.10. The number of thiazole rings is 1. The zero-order valence-electron chi connectivity index (χ0n) is 9.08. The molecule has 0 saturated heterocycles. The lowest BCUT2D eigenvalue weighted by atomic mass is 10.2. The first-order valence-electron chi connectivity index (χ1n) is 5.13. The molecule has 5 nitrogen and oxygen atoms in total. The maximum Gasteiger partial charge on any atom is 0.181 e. The second-order valence-corrected chi connectivity index (χ2v) is 4.49. The molecule has 0 radical (unpaired) electrons. The molecule has 6 heteroatoms. The molecule has 17 heavy (non-hydrogen) atoms. The van der Waals surface area contributed by atoms with Gasteiger partial charge in [-0.2, -0.15) is 0 Å². The van der Waals surface area contributed by atoms with E-state index in [0.717, 1.165) is 22.2 Å². The first-order valence-corrected chi connectivity index (χ1v) is 5.95. The Kier molecular flexibility index (Phi) is 3.59. The first kappa shape index (κ1) is 11.4. The third-order valence-corrected chi connectivity index (χ3v) is 3.06. The predicted octanol–water partition coefficient (Wildman–Crippen LogP) is 3.59. The average Bonchev–Trinajstić information content (AvgIpc) is 2.68. The lowest BCUT2D eigenvalue weighted by Gasteiger charge is -1.92. The molecule has 0 amide bonds. The Morgan fingerprint density at radius 3 is 3.24 bits per heavy atom. The van der Waals surface area contributed by atoms with Gasteiger partial charge in [0.25, 0.3) is 0 Å². The Labute approximate surface area is 102 Å². The van der Waals surface area contributed by atoms with Gasteiger partial charge in [0.2, 0.25) is 0 Å². The number of azide groups is 1. The van der Waals surface area contributed by atoms with Crippen LogP contribution in [0.2, 0.25) is 0 Å². The molecule has 1 aromatic heterocycles. The number of anilines is 1. The van der Waals surface area contributed by atoms with Gasteiger partial charge in [-0.1, -0.05) is 34.7 Å². The molecule has 1 heterocycles. The number of hydrogen-bond acceptors (Lipinski definition) is 4. The van der Waals surface area contributed by atoms with Crippen LogP contribution in [-0.2, 0) is 0 Å². The second kappa shape index (κ2) is 5.34. The zero-order chi connectivity index (χ0) is 12.1. The van der Waals surface area contributed by atoms with Crippen molar-refractivity contribution >= 4 is 32.8 Å². The summed E-state index contributed by atoms with van der Waals surface area (Å²) in [4.78, 5) is 6.92. The number of aromatic nitrogens is 1. The third-order valence-electron chi connectivity index (χ3n) is 2.20. The molecule has 2 aromatic rings. The summed E-state index contributed by atoms with van der Waals surface area (Å²) in [6, 6.07) is 6.02. The van der Waals surface area contributed by atoms with E-state index in [1.807, 2.05) is 30.4 Å². The van der Waals surface area contributed by atoms with E-state index in [1.54, 1.807) is 0 Å². The van der Waals surface area contributed by atoms with Crippen LogP contribution in [-0.4, -0.2) is 11.5 Å². The SMILES string of the molecule is [N-]=[N+]=NCCC=Cc1ccc2sc(N)nc2c1. The minimum absolute atomic E-state index is 0.485. The molecular formula is C11H11N5S. The zero-order valence-corrected chi connectivity index (χ0v) is 9.89. The van der Waals surface area contributed by atoms with Crippen molar-refractivity contribution < 1.29 is 0 Å². The van der Waals surface area contributed by atoms with Crippen LogP contribution in [0.15, 0.2) is 29.4 Å². The summed E-state index contributed by atoms with van der Waals surface area (Å²) in [6.07, 6.45) is 4.70. The van der Waals surface area contributed by atoms with E-state index >= 15 is 0 Å². The molecule has 2 rings (SSSR count). The second-order valence-electron chi connectivity index (χ2n) is 3.42. The lowest BCUT2D eigenvalue weighted by Crippen LogP contribution is -1.79. The van der Waals surface area contributed by atoms with Gasteiger partial charge in [-0.05, 0) is 29.6 Å². The smallest absolute Gasteiger partial charge is 0.181 e. The van der Waals surface area contributed by atoms with Crippen LogP contribution in [0.25, 0.3) is 26.7 Å². The molecule has 0 aliphatic heterocycles. The van der Waals surface area contributed by atoms with Gasteiger partial charge in [0.1, 0.15) is 0 Å². The summed E-state index contributed by atoms with van der Waals surface area (Å²) in [5.41, 5.74) is 15.8. The molecule has 0 aliphatic rings. The molecular weight excluding hydrogens is 234 g/mol. The minimum atomic E-state index is 0.485. The topological polar surface area (TPSA) is 87.7 Å². The summed E-state index contributed by atoms with van der Waals surface area (Å²) in [7, 11) is 0.